The predicted octanol–water partition coefficient (Wildman–Crippen LogP) is 2.08. The van der Waals surface area contributed by atoms with Gasteiger partial charge in [0.1, 0.15) is 0 Å². The van der Waals surface area contributed by atoms with Crippen LogP contribution in [0, 0.1) is 5.92 Å². The van der Waals surface area contributed by atoms with E-state index in [4.69, 9.17) is 19.8 Å². The van der Waals surface area contributed by atoms with Gasteiger partial charge in [-0.25, -0.2) is 9.59 Å². The fourth-order valence-corrected chi connectivity index (χ4v) is 4.76. The zero-order valence-corrected chi connectivity index (χ0v) is 18.3. The first-order valence-electron chi connectivity index (χ1n) is 10.8. The molecule has 0 aliphatic carbocycles. The predicted molar refractivity (Wildman–Crippen MR) is 121 cm³/mol. The van der Waals surface area contributed by atoms with E-state index >= 15 is 0 Å². The van der Waals surface area contributed by atoms with Crippen molar-refractivity contribution < 1.29 is 24.6 Å². The highest BCUT2D eigenvalue weighted by Crippen LogP contribution is 2.33. The molecule has 2 saturated heterocycles. The summed E-state index contributed by atoms with van der Waals surface area (Å²) < 4.78 is 2.09. The number of hydrogen-bond donors (Lipinski definition) is 2. The number of rotatable bonds is 3. The summed E-state index contributed by atoms with van der Waals surface area (Å²) in [5, 5.41) is 15.9. The fourth-order valence-electron chi connectivity index (χ4n) is 4.76. The van der Waals surface area contributed by atoms with Crippen molar-refractivity contribution in [2.45, 2.75) is 19.0 Å². The molecule has 172 valence electrons. The zero-order chi connectivity index (χ0) is 23.5. The Morgan fingerprint density at radius 3 is 2.58 bits per heavy atom. The van der Waals surface area contributed by atoms with Crippen molar-refractivity contribution in [1.29, 1.82) is 0 Å². The molecule has 0 spiro atoms. The van der Waals surface area contributed by atoms with E-state index in [0.29, 0.717) is 12.0 Å². The van der Waals surface area contributed by atoms with Crippen molar-refractivity contribution in [3.63, 3.8) is 0 Å². The van der Waals surface area contributed by atoms with Crippen LogP contribution in [0.5, 0.6) is 0 Å². The van der Waals surface area contributed by atoms with E-state index in [1.165, 1.54) is 5.56 Å². The molecule has 2 aromatic heterocycles. The number of carboxylic acids is 2. The number of carboxylic acid groups (broad SMARTS) is 2. The van der Waals surface area contributed by atoms with Gasteiger partial charge in [-0.1, -0.05) is 6.07 Å². The number of aliphatic carboxylic acids is 2. The van der Waals surface area contributed by atoms with Crippen LogP contribution in [0.2, 0.25) is 0 Å². The van der Waals surface area contributed by atoms with Crippen LogP contribution in [0.3, 0.4) is 0 Å². The van der Waals surface area contributed by atoms with Gasteiger partial charge in [-0.3, -0.25) is 14.7 Å². The Labute approximate surface area is 190 Å². The van der Waals surface area contributed by atoms with Crippen LogP contribution in [0.15, 0.2) is 55.0 Å². The van der Waals surface area contributed by atoms with Crippen molar-refractivity contribution in [3.05, 3.63) is 66.1 Å². The van der Waals surface area contributed by atoms with Crippen LogP contribution in [-0.4, -0.2) is 73.1 Å². The summed E-state index contributed by atoms with van der Waals surface area (Å²) >= 11 is 0. The maximum Gasteiger partial charge on any atom is 0.414 e. The van der Waals surface area contributed by atoms with Crippen LogP contribution in [0.25, 0.3) is 10.9 Å². The van der Waals surface area contributed by atoms with E-state index < -0.39 is 11.9 Å². The third-order valence-electron chi connectivity index (χ3n) is 6.33. The number of benzene rings is 1. The first-order valence-corrected chi connectivity index (χ1v) is 10.8. The van der Waals surface area contributed by atoms with E-state index in [2.05, 4.69) is 37.5 Å². The summed E-state index contributed by atoms with van der Waals surface area (Å²) in [6, 6.07) is 12.6. The Morgan fingerprint density at radius 2 is 1.88 bits per heavy atom. The van der Waals surface area contributed by atoms with Crippen LogP contribution in [-0.2, 0) is 23.2 Å². The molecule has 0 saturated carbocycles. The molecule has 3 aromatic rings. The van der Waals surface area contributed by atoms with Gasteiger partial charge in [0.25, 0.3) is 5.91 Å². The van der Waals surface area contributed by atoms with Crippen molar-refractivity contribution in [2.75, 3.05) is 19.6 Å². The molecule has 9 heteroatoms. The summed E-state index contributed by atoms with van der Waals surface area (Å²) in [5.74, 6) is -2.88. The molecule has 2 N–H and O–H groups in total. The lowest BCUT2D eigenvalue weighted by molar-refractivity contribution is -0.159. The number of likely N-dealkylation sites (tertiary alicyclic amines) is 2. The Morgan fingerprint density at radius 1 is 1.09 bits per heavy atom. The first kappa shape index (κ1) is 22.5. The minimum Gasteiger partial charge on any atom is -0.473 e. The summed E-state index contributed by atoms with van der Waals surface area (Å²) in [6.45, 7) is 3.82. The van der Waals surface area contributed by atoms with Gasteiger partial charge in [0.15, 0.2) is 0 Å². The standard InChI is InChI=1S/C22H24N4O.C2H2O4/c1-24-9-6-17-11-18(4-5-20(17)24)22(27)26-10-7-19-14-25(15-21(19)26)13-16-3-2-8-23-12-16;3-1(4)2(5)6/h2-6,8-9,11-12,19,21H,7,10,13-15H2,1H3;(H,3,4)(H,5,6)/t19-,21+;/m0./s1. The molecular weight excluding hydrogens is 424 g/mol. The molecule has 0 unspecified atom stereocenters. The van der Waals surface area contributed by atoms with Gasteiger partial charge < -0.3 is 19.7 Å². The molecule has 33 heavy (non-hydrogen) atoms. The molecule has 2 fully saturated rings. The molecule has 2 atom stereocenters. The van der Waals surface area contributed by atoms with Crippen LogP contribution >= 0.6 is 0 Å². The molecule has 4 heterocycles. The topological polar surface area (TPSA) is 116 Å². The minimum absolute atomic E-state index is 0.177. The normalized spacial score (nSPS) is 19.7. The van der Waals surface area contributed by atoms with E-state index in [0.717, 1.165) is 49.1 Å². The molecule has 0 bridgehead atoms. The Hall–Kier alpha value is -3.72. The molecule has 1 aromatic carbocycles. The highest BCUT2D eigenvalue weighted by atomic mass is 16.4. The number of amides is 1. The Balaban J connectivity index is 0.000000385. The zero-order valence-electron chi connectivity index (χ0n) is 18.3. The van der Waals surface area contributed by atoms with E-state index in [9.17, 15) is 4.79 Å². The minimum atomic E-state index is -1.82. The lowest BCUT2D eigenvalue weighted by atomic mass is 10.0. The van der Waals surface area contributed by atoms with Gasteiger partial charge in [0.05, 0.1) is 0 Å². The number of nitrogens with zero attached hydrogens (tertiary/aromatic N) is 4. The Bertz CT molecular complexity index is 1160. The highest BCUT2D eigenvalue weighted by Gasteiger charge is 2.43. The number of carbonyl (C=O) groups excluding carboxylic acids is 1. The maximum atomic E-state index is 13.2. The quantitative estimate of drug-likeness (QED) is 0.587. The van der Waals surface area contributed by atoms with Crippen molar-refractivity contribution in [3.8, 4) is 0 Å². The van der Waals surface area contributed by atoms with Crippen LogP contribution in [0.1, 0.15) is 22.3 Å². The lowest BCUT2D eigenvalue weighted by Crippen LogP contribution is -2.39. The number of pyridine rings is 1. The highest BCUT2D eigenvalue weighted by molar-refractivity contribution is 6.27. The van der Waals surface area contributed by atoms with Crippen LogP contribution < -0.4 is 0 Å². The molecule has 1 amide bonds. The maximum absolute atomic E-state index is 13.2. The third kappa shape index (κ3) is 4.88. The first-order chi connectivity index (χ1) is 15.8. The Kier molecular flexibility index (Phi) is 6.41. The molecule has 2 aliphatic rings. The van der Waals surface area contributed by atoms with E-state index in [1.807, 2.05) is 43.8 Å². The summed E-state index contributed by atoms with van der Waals surface area (Å²) in [6.07, 6.45) is 6.89. The summed E-state index contributed by atoms with van der Waals surface area (Å²) in [5.41, 5.74) is 3.21. The molecule has 2 aliphatic heterocycles. The van der Waals surface area contributed by atoms with E-state index in [1.54, 1.807) is 0 Å². The lowest BCUT2D eigenvalue weighted by Gasteiger charge is -2.25. The van der Waals surface area contributed by atoms with Crippen molar-refractivity contribution >= 4 is 28.7 Å². The van der Waals surface area contributed by atoms with Crippen molar-refractivity contribution in [2.24, 2.45) is 13.0 Å². The summed E-state index contributed by atoms with van der Waals surface area (Å²) in [7, 11) is 2.03. The van der Waals surface area contributed by atoms with Gasteiger partial charge in [-0.15, -0.1) is 0 Å². The average molecular weight is 450 g/mol. The second kappa shape index (κ2) is 9.41. The molecule has 5 rings (SSSR count). The number of hydrogen-bond acceptors (Lipinski definition) is 5. The van der Waals surface area contributed by atoms with Crippen LogP contribution in [0.4, 0.5) is 0 Å². The fraction of sp³-hybridized carbons (Fsp3) is 0.333. The molecular formula is C24H26N4O5. The van der Waals surface area contributed by atoms with Gasteiger partial charge in [0.2, 0.25) is 0 Å². The van der Waals surface area contributed by atoms with Gasteiger partial charge >= 0.3 is 11.9 Å². The number of fused-ring (bicyclic) bond motifs is 2. The van der Waals surface area contributed by atoms with Crippen molar-refractivity contribution in [1.82, 2.24) is 19.4 Å². The van der Waals surface area contributed by atoms with Gasteiger partial charge in [0, 0.05) is 74.3 Å². The largest absolute Gasteiger partial charge is 0.473 e. The number of aryl methyl sites for hydroxylation is 1. The second-order valence-electron chi connectivity index (χ2n) is 8.48. The third-order valence-corrected chi connectivity index (χ3v) is 6.33. The smallest absolute Gasteiger partial charge is 0.414 e. The second-order valence-corrected chi connectivity index (χ2v) is 8.48. The van der Waals surface area contributed by atoms with Gasteiger partial charge in [-0.2, -0.15) is 0 Å². The number of carbonyl (C=O) groups is 3. The monoisotopic (exact) mass is 450 g/mol. The summed E-state index contributed by atoms with van der Waals surface area (Å²) in [4.78, 5) is 40.2. The van der Waals surface area contributed by atoms with E-state index in [-0.39, 0.29) is 5.91 Å². The SMILES string of the molecule is Cn1ccc2cc(C(=O)N3CC[C@H]4CN(Cc5cccnc5)C[C@H]43)ccc21.O=C(O)C(=O)O. The average Bonchev–Trinajstić information content (AvgIpc) is 3.48. The molecule has 9 nitrogen and oxygen atoms in total. The number of aromatic nitrogens is 2. The molecule has 0 radical (unpaired) electrons. The van der Waals surface area contributed by atoms with Gasteiger partial charge in [-0.05, 0) is 48.2 Å².